The van der Waals surface area contributed by atoms with Crippen LogP contribution in [-0.4, -0.2) is 51.8 Å². The number of hydrogen-bond donors (Lipinski definition) is 1. The summed E-state index contributed by atoms with van der Waals surface area (Å²) in [5.41, 5.74) is 0. The van der Waals surface area contributed by atoms with Crippen LogP contribution in [0.3, 0.4) is 0 Å². The number of carboxylic acids is 1. The molecule has 1 atom stereocenters. The molecule has 0 radical (unpaired) electrons. The largest absolute Gasteiger partial charge is 0.480 e. The van der Waals surface area contributed by atoms with Gasteiger partial charge >= 0.3 is 5.97 Å². The summed E-state index contributed by atoms with van der Waals surface area (Å²) in [5, 5.41) is 8.88. The lowest BCUT2D eigenvalue weighted by molar-refractivity contribution is -0.142. The number of nitrogens with zero attached hydrogens (tertiary/aromatic N) is 2. The van der Waals surface area contributed by atoms with Gasteiger partial charge in [0.05, 0.1) is 5.88 Å². The maximum atomic E-state index is 10.8. The predicted molar refractivity (Wildman–Crippen MR) is 74.0 cm³/mol. The monoisotopic (exact) mass is 262 g/mol. The molecule has 0 spiro atoms. The Labute approximate surface area is 109 Å². The van der Waals surface area contributed by atoms with E-state index in [1.54, 1.807) is 18.9 Å². The van der Waals surface area contributed by atoms with Crippen LogP contribution in [0.5, 0.6) is 0 Å². The highest BCUT2D eigenvalue weighted by atomic mass is 32.2. The van der Waals surface area contributed by atoms with Gasteiger partial charge in [0.15, 0.2) is 0 Å². The smallest absolute Gasteiger partial charge is 0.320 e. The van der Waals surface area contributed by atoms with E-state index in [1.807, 2.05) is 18.7 Å². The molecule has 102 valence electrons. The van der Waals surface area contributed by atoms with E-state index >= 15 is 0 Å². The Morgan fingerprint density at radius 1 is 1.29 bits per heavy atom. The van der Waals surface area contributed by atoms with Gasteiger partial charge in [-0.1, -0.05) is 39.6 Å². The Morgan fingerprint density at radius 3 is 2.24 bits per heavy atom. The minimum absolute atomic E-state index is 0.362. The van der Waals surface area contributed by atoms with Gasteiger partial charge in [-0.25, -0.2) is 4.31 Å². The third kappa shape index (κ3) is 6.29. The topological polar surface area (TPSA) is 43.8 Å². The zero-order chi connectivity index (χ0) is 13.4. The Hall–Kier alpha value is -0.260. The highest BCUT2D eigenvalue weighted by molar-refractivity contribution is 7.97. The molecule has 5 heteroatoms. The van der Waals surface area contributed by atoms with Gasteiger partial charge in [-0.05, 0) is 12.8 Å². The maximum Gasteiger partial charge on any atom is 0.320 e. The minimum Gasteiger partial charge on any atom is -0.480 e. The normalized spacial score (nSPS) is 19.6. The lowest BCUT2D eigenvalue weighted by Gasteiger charge is -2.36. The van der Waals surface area contributed by atoms with Crippen molar-refractivity contribution in [3.63, 3.8) is 0 Å². The summed E-state index contributed by atoms with van der Waals surface area (Å²) in [6.07, 6.45) is 0. The average Bonchev–Trinajstić information content (AvgIpc) is 2.31. The van der Waals surface area contributed by atoms with Crippen molar-refractivity contribution < 1.29 is 9.90 Å². The molecule has 1 unspecified atom stereocenters. The van der Waals surface area contributed by atoms with E-state index < -0.39 is 5.97 Å². The van der Waals surface area contributed by atoms with Crippen LogP contribution in [-0.2, 0) is 4.79 Å². The van der Waals surface area contributed by atoms with Crippen LogP contribution in [0.15, 0.2) is 0 Å². The second-order valence-electron chi connectivity index (χ2n) is 4.37. The van der Waals surface area contributed by atoms with Gasteiger partial charge in [-0.3, -0.25) is 9.69 Å². The molecule has 0 aromatic rings. The fraction of sp³-hybridized carbons (Fsp3) is 0.917. The third-order valence-corrected chi connectivity index (χ3v) is 3.66. The van der Waals surface area contributed by atoms with E-state index in [4.69, 9.17) is 5.11 Å². The first-order chi connectivity index (χ1) is 8.00. The molecule has 1 saturated heterocycles. The molecule has 1 N–H and O–H groups in total. The van der Waals surface area contributed by atoms with E-state index in [0.717, 1.165) is 25.5 Å². The van der Waals surface area contributed by atoms with E-state index in [-0.39, 0.29) is 6.04 Å². The van der Waals surface area contributed by atoms with Crippen molar-refractivity contribution in [1.82, 2.24) is 9.21 Å². The summed E-state index contributed by atoms with van der Waals surface area (Å²) in [6, 6.07) is -0.362. The van der Waals surface area contributed by atoms with E-state index in [9.17, 15) is 4.79 Å². The van der Waals surface area contributed by atoms with Crippen LogP contribution in [0, 0.1) is 5.92 Å². The van der Waals surface area contributed by atoms with Gasteiger partial charge in [0.25, 0.3) is 0 Å². The van der Waals surface area contributed by atoms with Crippen molar-refractivity contribution in [2.75, 3.05) is 25.5 Å². The third-order valence-electron chi connectivity index (χ3n) is 2.52. The first-order valence-corrected chi connectivity index (χ1v) is 7.29. The molecule has 0 bridgehead atoms. The van der Waals surface area contributed by atoms with Gasteiger partial charge < -0.3 is 5.11 Å². The number of hydrogen-bond acceptors (Lipinski definition) is 4. The molecule has 1 fully saturated rings. The molecule has 0 amide bonds. The molecular weight excluding hydrogens is 236 g/mol. The van der Waals surface area contributed by atoms with E-state index in [2.05, 4.69) is 18.2 Å². The minimum atomic E-state index is -0.729. The van der Waals surface area contributed by atoms with Crippen molar-refractivity contribution >= 4 is 17.9 Å². The first-order valence-electron chi connectivity index (χ1n) is 6.35. The fourth-order valence-corrected chi connectivity index (χ4v) is 2.82. The van der Waals surface area contributed by atoms with Gasteiger partial charge in [0.1, 0.15) is 6.04 Å². The van der Waals surface area contributed by atoms with E-state index in [1.165, 1.54) is 0 Å². The molecule has 17 heavy (non-hydrogen) atoms. The number of aliphatic carboxylic acids is 1. The van der Waals surface area contributed by atoms with Crippen molar-refractivity contribution in [3.05, 3.63) is 0 Å². The quantitative estimate of drug-likeness (QED) is 0.788. The average molecular weight is 262 g/mol. The zero-order valence-electron chi connectivity index (χ0n) is 11.6. The Kier molecular flexibility index (Phi) is 8.64. The van der Waals surface area contributed by atoms with Gasteiger partial charge in [-0.15, -0.1) is 0 Å². The predicted octanol–water partition coefficient (Wildman–Crippen LogP) is 2.37. The summed E-state index contributed by atoms with van der Waals surface area (Å²) in [5.74, 6) is 0.731. The highest BCUT2D eigenvalue weighted by Gasteiger charge is 2.25. The molecule has 4 nitrogen and oxygen atoms in total. The van der Waals surface area contributed by atoms with Crippen molar-refractivity contribution in [2.45, 2.75) is 40.7 Å². The summed E-state index contributed by atoms with van der Waals surface area (Å²) in [6.45, 7) is 13.0. The molecule has 1 aliphatic rings. The SMILES string of the molecule is CC.CC(C)CN1CCN(C(C)C(=O)O)CS1. The number of carboxylic acid groups (broad SMARTS) is 1. The van der Waals surface area contributed by atoms with Crippen LogP contribution in [0.25, 0.3) is 0 Å². The standard InChI is InChI=1S/C10H20N2O2S.C2H6/c1-8(2)6-12-5-4-11(7-15-12)9(3)10(13)14;1-2/h8-9H,4-7H2,1-3H3,(H,13,14);1-2H3. The second-order valence-corrected chi connectivity index (χ2v) is 5.40. The van der Waals surface area contributed by atoms with Crippen LogP contribution in [0.2, 0.25) is 0 Å². The molecule has 1 heterocycles. The molecular formula is C12H26N2O2S. The van der Waals surface area contributed by atoms with Crippen LogP contribution in [0.1, 0.15) is 34.6 Å². The second kappa shape index (κ2) is 8.78. The first kappa shape index (κ1) is 16.7. The van der Waals surface area contributed by atoms with Crippen molar-refractivity contribution in [3.8, 4) is 0 Å². The lowest BCUT2D eigenvalue weighted by Crippen LogP contribution is -2.47. The zero-order valence-corrected chi connectivity index (χ0v) is 12.5. The molecule has 1 aliphatic heterocycles. The summed E-state index contributed by atoms with van der Waals surface area (Å²) >= 11 is 1.74. The lowest BCUT2D eigenvalue weighted by atomic mass is 10.2. The fourth-order valence-electron chi connectivity index (χ4n) is 1.54. The molecule has 0 saturated carbocycles. The van der Waals surface area contributed by atoms with Crippen LogP contribution >= 0.6 is 11.9 Å². The molecule has 0 aromatic heterocycles. The highest BCUT2D eigenvalue weighted by Crippen LogP contribution is 2.20. The maximum absolute atomic E-state index is 10.8. The Balaban J connectivity index is 0.00000121. The Bertz CT molecular complexity index is 217. The Morgan fingerprint density at radius 2 is 1.88 bits per heavy atom. The van der Waals surface area contributed by atoms with Gasteiger partial charge in [0.2, 0.25) is 0 Å². The number of carbonyl (C=O) groups is 1. The van der Waals surface area contributed by atoms with E-state index in [0.29, 0.717) is 5.92 Å². The molecule has 0 aliphatic carbocycles. The van der Waals surface area contributed by atoms with Crippen molar-refractivity contribution in [2.24, 2.45) is 5.92 Å². The van der Waals surface area contributed by atoms with Gasteiger partial charge in [0, 0.05) is 19.6 Å². The van der Waals surface area contributed by atoms with Gasteiger partial charge in [-0.2, -0.15) is 0 Å². The number of rotatable bonds is 4. The van der Waals surface area contributed by atoms with Crippen LogP contribution in [0.4, 0.5) is 0 Å². The van der Waals surface area contributed by atoms with Crippen LogP contribution < -0.4 is 0 Å². The van der Waals surface area contributed by atoms with Crippen molar-refractivity contribution in [1.29, 1.82) is 0 Å². The summed E-state index contributed by atoms with van der Waals surface area (Å²) in [4.78, 5) is 12.8. The molecule has 0 aromatic carbocycles. The summed E-state index contributed by atoms with van der Waals surface area (Å²) < 4.78 is 2.33. The summed E-state index contributed by atoms with van der Waals surface area (Å²) in [7, 11) is 0. The molecule has 1 rings (SSSR count).